The van der Waals surface area contributed by atoms with Crippen molar-refractivity contribution in [1.29, 1.82) is 0 Å². The van der Waals surface area contributed by atoms with Crippen LogP contribution in [0.15, 0.2) is 54.6 Å². The highest BCUT2D eigenvalue weighted by Gasteiger charge is 2.04. The van der Waals surface area contributed by atoms with Gasteiger partial charge in [0.25, 0.3) is 0 Å². The number of nitrogens with two attached hydrogens (primary N) is 1. The molecule has 6 heteroatoms. The maximum absolute atomic E-state index is 5.70. The molecule has 6 nitrogen and oxygen atoms in total. The Balaban J connectivity index is 1.69. The van der Waals surface area contributed by atoms with Crippen molar-refractivity contribution in [2.75, 3.05) is 5.73 Å². The van der Waals surface area contributed by atoms with Crippen LogP contribution >= 0.6 is 0 Å². The van der Waals surface area contributed by atoms with Gasteiger partial charge in [-0.15, -0.1) is 0 Å². The van der Waals surface area contributed by atoms with Crippen molar-refractivity contribution in [3.8, 4) is 11.4 Å². The predicted molar refractivity (Wildman–Crippen MR) is 74.3 cm³/mol. The Morgan fingerprint density at radius 3 is 2.40 bits per heavy atom. The van der Waals surface area contributed by atoms with Crippen LogP contribution in [0.2, 0.25) is 0 Å². The topological polar surface area (TPSA) is 78.9 Å². The lowest BCUT2D eigenvalue weighted by Crippen LogP contribution is -2.02. The van der Waals surface area contributed by atoms with E-state index in [0.29, 0.717) is 6.61 Å². The quantitative estimate of drug-likeness (QED) is 0.780. The third-order valence-electron chi connectivity index (χ3n) is 2.82. The summed E-state index contributed by atoms with van der Waals surface area (Å²) in [6, 6.07) is 17.4. The fourth-order valence-corrected chi connectivity index (χ4v) is 1.80. The third kappa shape index (κ3) is 2.59. The molecule has 2 aromatic carbocycles. The molecule has 0 saturated carbocycles. The maximum Gasteiger partial charge on any atom is 0.245 e. The molecule has 0 fully saturated rings. The second-order valence-electron chi connectivity index (χ2n) is 4.22. The Morgan fingerprint density at radius 2 is 1.75 bits per heavy atom. The number of ether oxygens (including phenoxy) is 1. The van der Waals surface area contributed by atoms with E-state index in [-0.39, 0.29) is 5.95 Å². The van der Waals surface area contributed by atoms with Crippen LogP contribution in [-0.4, -0.2) is 20.2 Å². The highest BCUT2D eigenvalue weighted by atomic mass is 16.5. The van der Waals surface area contributed by atoms with Gasteiger partial charge in [0.05, 0.1) is 5.69 Å². The maximum atomic E-state index is 5.70. The first-order valence-electron chi connectivity index (χ1n) is 6.14. The van der Waals surface area contributed by atoms with Crippen LogP contribution < -0.4 is 10.5 Å². The number of hydrogen-bond acceptors (Lipinski definition) is 5. The second kappa shape index (κ2) is 5.40. The van der Waals surface area contributed by atoms with Crippen LogP contribution in [0.25, 0.3) is 5.69 Å². The average molecular weight is 267 g/mol. The smallest absolute Gasteiger partial charge is 0.245 e. The van der Waals surface area contributed by atoms with Gasteiger partial charge in [0.1, 0.15) is 12.4 Å². The van der Waals surface area contributed by atoms with Gasteiger partial charge in [0.15, 0.2) is 0 Å². The van der Waals surface area contributed by atoms with Crippen LogP contribution in [0.4, 0.5) is 5.95 Å². The Kier molecular flexibility index (Phi) is 3.28. The number of tetrazole rings is 1. The van der Waals surface area contributed by atoms with Crippen molar-refractivity contribution < 1.29 is 4.74 Å². The molecular formula is C14H13N5O. The molecule has 100 valence electrons. The van der Waals surface area contributed by atoms with Gasteiger partial charge >= 0.3 is 0 Å². The summed E-state index contributed by atoms with van der Waals surface area (Å²) in [6.07, 6.45) is 0. The molecule has 0 aliphatic carbocycles. The Labute approximate surface area is 115 Å². The highest BCUT2D eigenvalue weighted by Crippen LogP contribution is 2.17. The largest absolute Gasteiger partial charge is 0.489 e. The third-order valence-corrected chi connectivity index (χ3v) is 2.82. The molecule has 0 atom stereocenters. The summed E-state index contributed by atoms with van der Waals surface area (Å²) in [5.74, 6) is 1.03. The fraction of sp³-hybridized carbons (Fsp3) is 0.0714. The van der Waals surface area contributed by atoms with Gasteiger partial charge in [-0.3, -0.25) is 0 Å². The van der Waals surface area contributed by atoms with E-state index < -0.39 is 0 Å². The van der Waals surface area contributed by atoms with Gasteiger partial charge in [-0.25, -0.2) is 0 Å². The first-order valence-corrected chi connectivity index (χ1v) is 6.14. The van der Waals surface area contributed by atoms with Crippen LogP contribution in [0.1, 0.15) is 5.56 Å². The number of aromatic nitrogens is 4. The molecule has 0 spiro atoms. The molecule has 0 unspecified atom stereocenters. The van der Waals surface area contributed by atoms with Crippen molar-refractivity contribution in [3.05, 3.63) is 60.2 Å². The van der Waals surface area contributed by atoms with Crippen LogP contribution in [-0.2, 0) is 6.61 Å². The minimum absolute atomic E-state index is 0.253. The van der Waals surface area contributed by atoms with Gasteiger partial charge in [0.2, 0.25) is 5.95 Å². The zero-order valence-electron chi connectivity index (χ0n) is 10.7. The van der Waals surface area contributed by atoms with Crippen molar-refractivity contribution in [2.45, 2.75) is 6.61 Å². The normalized spacial score (nSPS) is 10.4. The van der Waals surface area contributed by atoms with E-state index in [4.69, 9.17) is 10.5 Å². The van der Waals surface area contributed by atoms with Crippen molar-refractivity contribution >= 4 is 5.95 Å². The first kappa shape index (κ1) is 12.2. The number of nitrogens with zero attached hydrogens (tertiary/aromatic N) is 4. The summed E-state index contributed by atoms with van der Waals surface area (Å²) in [7, 11) is 0. The zero-order chi connectivity index (χ0) is 13.8. The van der Waals surface area contributed by atoms with Crippen molar-refractivity contribution in [2.24, 2.45) is 0 Å². The highest BCUT2D eigenvalue weighted by molar-refractivity contribution is 5.40. The molecule has 20 heavy (non-hydrogen) atoms. The molecule has 0 saturated heterocycles. The molecule has 0 aliphatic heterocycles. The van der Waals surface area contributed by atoms with E-state index in [1.165, 1.54) is 4.68 Å². The summed E-state index contributed by atoms with van der Waals surface area (Å²) in [5, 5.41) is 10.9. The number of benzene rings is 2. The van der Waals surface area contributed by atoms with Gasteiger partial charge in [-0.2, -0.15) is 4.68 Å². The van der Waals surface area contributed by atoms with Crippen LogP contribution in [0.5, 0.6) is 5.75 Å². The molecule has 0 amide bonds. The van der Waals surface area contributed by atoms with E-state index in [1.54, 1.807) is 0 Å². The van der Waals surface area contributed by atoms with Gasteiger partial charge in [0, 0.05) is 0 Å². The van der Waals surface area contributed by atoms with Crippen molar-refractivity contribution in [3.63, 3.8) is 0 Å². The summed E-state index contributed by atoms with van der Waals surface area (Å²) in [6.45, 7) is 0.535. The minimum atomic E-state index is 0.253. The lowest BCUT2D eigenvalue weighted by Gasteiger charge is -2.07. The fourth-order valence-electron chi connectivity index (χ4n) is 1.80. The minimum Gasteiger partial charge on any atom is -0.489 e. The molecule has 0 aliphatic rings. The molecule has 3 rings (SSSR count). The monoisotopic (exact) mass is 267 g/mol. The summed E-state index contributed by atoms with van der Waals surface area (Å²) in [4.78, 5) is 0. The summed E-state index contributed by atoms with van der Waals surface area (Å²) < 4.78 is 7.16. The Hall–Kier alpha value is -2.89. The van der Waals surface area contributed by atoms with Crippen molar-refractivity contribution in [1.82, 2.24) is 20.2 Å². The van der Waals surface area contributed by atoms with E-state index >= 15 is 0 Å². The van der Waals surface area contributed by atoms with E-state index in [9.17, 15) is 0 Å². The molecule has 1 heterocycles. The van der Waals surface area contributed by atoms with Crippen LogP contribution in [0, 0.1) is 0 Å². The van der Waals surface area contributed by atoms with E-state index in [1.807, 2.05) is 54.6 Å². The summed E-state index contributed by atoms with van der Waals surface area (Å²) >= 11 is 0. The van der Waals surface area contributed by atoms with Crippen LogP contribution in [0.3, 0.4) is 0 Å². The number of anilines is 1. The molecule has 0 radical (unpaired) electrons. The average Bonchev–Trinajstić information content (AvgIpc) is 2.93. The molecule has 3 aromatic rings. The predicted octanol–water partition coefficient (Wildman–Crippen LogP) is 1.82. The first-order chi connectivity index (χ1) is 9.83. The lowest BCUT2D eigenvalue weighted by molar-refractivity contribution is 0.306. The molecular weight excluding hydrogens is 254 g/mol. The number of hydrogen-bond donors (Lipinski definition) is 1. The van der Waals surface area contributed by atoms with Gasteiger partial charge in [-0.05, 0) is 40.3 Å². The molecule has 2 N–H and O–H groups in total. The van der Waals surface area contributed by atoms with Gasteiger partial charge in [-0.1, -0.05) is 35.4 Å². The Morgan fingerprint density at radius 1 is 1.00 bits per heavy atom. The molecule has 0 bridgehead atoms. The zero-order valence-corrected chi connectivity index (χ0v) is 10.7. The second-order valence-corrected chi connectivity index (χ2v) is 4.22. The number of rotatable bonds is 4. The lowest BCUT2D eigenvalue weighted by atomic mass is 10.2. The molecule has 1 aromatic heterocycles. The van der Waals surface area contributed by atoms with E-state index in [2.05, 4.69) is 15.5 Å². The summed E-state index contributed by atoms with van der Waals surface area (Å²) in [5.41, 5.74) is 7.56. The number of nitrogen functional groups attached to an aromatic ring is 1. The SMILES string of the molecule is Nc1nnnn1-c1ccc(OCc2ccccc2)cc1. The van der Waals surface area contributed by atoms with E-state index in [0.717, 1.165) is 17.0 Å². The Bertz CT molecular complexity index is 678. The standard InChI is InChI=1S/C14H13N5O/c15-14-16-17-18-19(14)12-6-8-13(9-7-12)20-10-11-4-2-1-3-5-11/h1-9H,10H2,(H2,15,16,18). The van der Waals surface area contributed by atoms with Gasteiger partial charge < -0.3 is 10.5 Å².